The van der Waals surface area contributed by atoms with Crippen molar-refractivity contribution in [2.75, 3.05) is 19.0 Å². The van der Waals surface area contributed by atoms with Gasteiger partial charge >= 0.3 is 6.03 Å². The summed E-state index contributed by atoms with van der Waals surface area (Å²) >= 11 is 0. The molecule has 0 atom stereocenters. The van der Waals surface area contributed by atoms with Crippen LogP contribution in [-0.2, 0) is 6.61 Å². The van der Waals surface area contributed by atoms with Crippen molar-refractivity contribution in [3.05, 3.63) is 66.5 Å². The van der Waals surface area contributed by atoms with Crippen LogP contribution in [0.4, 0.5) is 10.6 Å². The molecule has 28 heavy (non-hydrogen) atoms. The Labute approximate surface area is 163 Å². The molecule has 2 heterocycles. The number of pyridine rings is 2. The summed E-state index contributed by atoms with van der Waals surface area (Å²) in [6.07, 6.45) is 3.37. The number of hydrogen-bond acceptors (Lipinski definition) is 5. The number of rotatable bonds is 7. The molecule has 0 bridgehead atoms. The number of benzene rings is 1. The molecule has 3 aromatic rings. The summed E-state index contributed by atoms with van der Waals surface area (Å²) in [6, 6.07) is 14.9. The first kappa shape index (κ1) is 19.2. The van der Waals surface area contributed by atoms with Crippen LogP contribution < -0.4 is 20.1 Å². The molecule has 0 fully saturated rings. The molecule has 0 aliphatic carbocycles. The van der Waals surface area contributed by atoms with Crippen molar-refractivity contribution in [2.24, 2.45) is 0 Å². The second-order valence-corrected chi connectivity index (χ2v) is 5.86. The third-order valence-electron chi connectivity index (χ3n) is 3.91. The molecule has 2 amide bonds. The van der Waals surface area contributed by atoms with Crippen LogP contribution in [0.15, 0.2) is 60.9 Å². The molecule has 0 aliphatic heterocycles. The Hall–Kier alpha value is -3.61. The van der Waals surface area contributed by atoms with Crippen LogP contribution in [-0.4, -0.2) is 29.7 Å². The van der Waals surface area contributed by atoms with Crippen molar-refractivity contribution < 1.29 is 14.3 Å². The highest BCUT2D eigenvalue weighted by Gasteiger charge is 2.12. The first-order valence-electron chi connectivity index (χ1n) is 8.94. The summed E-state index contributed by atoms with van der Waals surface area (Å²) in [7, 11) is 1.54. The van der Waals surface area contributed by atoms with E-state index in [1.807, 2.05) is 43.3 Å². The van der Waals surface area contributed by atoms with E-state index in [9.17, 15) is 4.79 Å². The Kier molecular flexibility index (Phi) is 6.41. The maximum Gasteiger partial charge on any atom is 0.320 e. The van der Waals surface area contributed by atoms with Crippen LogP contribution in [0.3, 0.4) is 0 Å². The van der Waals surface area contributed by atoms with E-state index in [0.717, 1.165) is 16.7 Å². The molecule has 0 unspecified atom stereocenters. The Bertz CT molecular complexity index is 915. The monoisotopic (exact) mass is 378 g/mol. The predicted molar refractivity (Wildman–Crippen MR) is 107 cm³/mol. The number of nitrogens with zero attached hydrogens (tertiary/aromatic N) is 2. The van der Waals surface area contributed by atoms with Gasteiger partial charge in [-0.15, -0.1) is 0 Å². The highest BCUT2D eigenvalue weighted by molar-refractivity contribution is 5.88. The minimum absolute atomic E-state index is 0.350. The summed E-state index contributed by atoms with van der Waals surface area (Å²) in [4.78, 5) is 20.2. The largest absolute Gasteiger partial charge is 0.488 e. The fourth-order valence-electron chi connectivity index (χ4n) is 2.53. The molecule has 0 aliphatic rings. The lowest BCUT2D eigenvalue weighted by molar-refractivity contribution is 0.254. The van der Waals surface area contributed by atoms with Gasteiger partial charge in [0.05, 0.1) is 6.61 Å². The molecule has 2 aromatic heterocycles. The zero-order valence-electron chi connectivity index (χ0n) is 15.8. The van der Waals surface area contributed by atoms with Crippen molar-refractivity contribution in [3.8, 4) is 22.8 Å². The molecule has 1 aromatic carbocycles. The lowest BCUT2D eigenvalue weighted by Gasteiger charge is -2.14. The maximum atomic E-state index is 11.6. The van der Waals surface area contributed by atoms with E-state index in [2.05, 4.69) is 20.6 Å². The van der Waals surface area contributed by atoms with Crippen LogP contribution in [0.1, 0.15) is 12.5 Å². The van der Waals surface area contributed by atoms with E-state index < -0.39 is 0 Å². The predicted octanol–water partition coefficient (Wildman–Crippen LogP) is 3.87. The SMILES string of the molecule is CCOc1ccc(-c2cnc(NC(=O)NC)cc2OCc2ccccc2)cn1. The molecule has 3 rings (SSSR count). The average Bonchev–Trinajstić information content (AvgIpc) is 2.74. The van der Waals surface area contributed by atoms with Gasteiger partial charge in [-0.05, 0) is 18.6 Å². The van der Waals surface area contributed by atoms with Gasteiger partial charge < -0.3 is 14.8 Å². The minimum atomic E-state index is -0.350. The number of amides is 2. The molecule has 2 N–H and O–H groups in total. The second kappa shape index (κ2) is 9.36. The Morgan fingerprint density at radius 3 is 2.54 bits per heavy atom. The number of ether oxygens (including phenoxy) is 2. The lowest BCUT2D eigenvalue weighted by atomic mass is 10.1. The quantitative estimate of drug-likeness (QED) is 0.652. The van der Waals surface area contributed by atoms with Gasteiger partial charge in [-0.3, -0.25) is 5.32 Å². The van der Waals surface area contributed by atoms with Gasteiger partial charge in [-0.2, -0.15) is 0 Å². The molecule has 0 radical (unpaired) electrons. The van der Waals surface area contributed by atoms with Crippen LogP contribution in [0.25, 0.3) is 11.1 Å². The van der Waals surface area contributed by atoms with E-state index in [1.54, 1.807) is 31.6 Å². The summed E-state index contributed by atoms with van der Waals surface area (Å²) in [5.41, 5.74) is 2.65. The Morgan fingerprint density at radius 2 is 1.86 bits per heavy atom. The molecule has 0 spiro atoms. The third kappa shape index (κ3) is 4.97. The molecule has 7 nitrogen and oxygen atoms in total. The number of nitrogens with one attached hydrogen (secondary N) is 2. The lowest BCUT2D eigenvalue weighted by Crippen LogP contribution is -2.24. The topological polar surface area (TPSA) is 85.4 Å². The first-order valence-corrected chi connectivity index (χ1v) is 8.94. The maximum absolute atomic E-state index is 11.6. The summed E-state index contributed by atoms with van der Waals surface area (Å²) < 4.78 is 11.4. The van der Waals surface area contributed by atoms with Crippen molar-refractivity contribution in [1.29, 1.82) is 0 Å². The van der Waals surface area contributed by atoms with Crippen molar-refractivity contribution in [1.82, 2.24) is 15.3 Å². The Morgan fingerprint density at radius 1 is 1.04 bits per heavy atom. The van der Waals surface area contributed by atoms with Crippen molar-refractivity contribution in [2.45, 2.75) is 13.5 Å². The molecular formula is C21H22N4O3. The van der Waals surface area contributed by atoms with Gasteiger partial charge in [0, 0.05) is 42.7 Å². The highest BCUT2D eigenvalue weighted by atomic mass is 16.5. The van der Waals surface area contributed by atoms with Crippen LogP contribution in [0, 0.1) is 0 Å². The fraction of sp³-hybridized carbons (Fsp3) is 0.190. The summed E-state index contributed by atoms with van der Waals surface area (Å²) in [5.74, 6) is 1.55. The smallest absolute Gasteiger partial charge is 0.320 e. The van der Waals surface area contributed by atoms with Crippen molar-refractivity contribution >= 4 is 11.8 Å². The molecular weight excluding hydrogens is 356 g/mol. The van der Waals surface area contributed by atoms with Gasteiger partial charge in [0.25, 0.3) is 0 Å². The van der Waals surface area contributed by atoms with Crippen LogP contribution in [0.2, 0.25) is 0 Å². The van der Waals surface area contributed by atoms with Crippen LogP contribution in [0.5, 0.6) is 11.6 Å². The zero-order chi connectivity index (χ0) is 19.8. The van der Waals surface area contributed by atoms with Gasteiger partial charge in [0.1, 0.15) is 18.2 Å². The van der Waals surface area contributed by atoms with E-state index in [-0.39, 0.29) is 6.03 Å². The molecule has 0 saturated carbocycles. The number of hydrogen-bond donors (Lipinski definition) is 2. The van der Waals surface area contributed by atoms with Gasteiger partial charge in [0.2, 0.25) is 5.88 Å². The number of anilines is 1. The Balaban J connectivity index is 1.89. The first-order chi connectivity index (χ1) is 13.7. The normalized spacial score (nSPS) is 10.2. The average molecular weight is 378 g/mol. The minimum Gasteiger partial charge on any atom is -0.488 e. The fourth-order valence-corrected chi connectivity index (χ4v) is 2.53. The second-order valence-electron chi connectivity index (χ2n) is 5.86. The standard InChI is InChI=1S/C21H22N4O3/c1-3-27-20-10-9-16(12-24-20)17-13-23-19(25-21(26)22-2)11-18(17)28-14-15-7-5-4-6-8-15/h4-13H,3,14H2,1-2H3,(H2,22,23,25,26). The number of aromatic nitrogens is 2. The summed E-state index contributed by atoms with van der Waals surface area (Å²) in [5, 5.41) is 5.16. The molecule has 7 heteroatoms. The van der Waals surface area contributed by atoms with E-state index >= 15 is 0 Å². The highest BCUT2D eigenvalue weighted by Crippen LogP contribution is 2.32. The van der Waals surface area contributed by atoms with E-state index in [4.69, 9.17) is 9.47 Å². The van der Waals surface area contributed by atoms with E-state index in [0.29, 0.717) is 30.7 Å². The molecule has 144 valence electrons. The third-order valence-corrected chi connectivity index (χ3v) is 3.91. The summed E-state index contributed by atoms with van der Waals surface area (Å²) in [6.45, 7) is 2.86. The number of urea groups is 1. The van der Waals surface area contributed by atoms with Gasteiger partial charge in [-0.1, -0.05) is 30.3 Å². The van der Waals surface area contributed by atoms with Crippen molar-refractivity contribution in [3.63, 3.8) is 0 Å². The van der Waals surface area contributed by atoms with Crippen LogP contribution >= 0.6 is 0 Å². The zero-order valence-corrected chi connectivity index (χ0v) is 15.8. The molecule has 0 saturated heterocycles. The van der Waals surface area contributed by atoms with Gasteiger partial charge in [0.15, 0.2) is 0 Å². The number of carbonyl (C=O) groups excluding carboxylic acids is 1. The van der Waals surface area contributed by atoms with E-state index in [1.165, 1.54) is 0 Å². The van der Waals surface area contributed by atoms with Gasteiger partial charge in [-0.25, -0.2) is 14.8 Å². The number of carbonyl (C=O) groups is 1.